The molecule has 2 aliphatic heterocycles. The molecule has 130 heavy (non-hydrogen) atoms. The van der Waals surface area contributed by atoms with Crippen LogP contribution in [0.5, 0.6) is 0 Å². The molecule has 22 aromatic rings. The summed E-state index contributed by atoms with van der Waals surface area (Å²) in [6.45, 7) is 58.5. The van der Waals surface area contributed by atoms with Gasteiger partial charge in [-0.3, -0.25) is 0 Å². The lowest BCUT2D eigenvalue weighted by atomic mass is 9.34. The molecular formula is C123H117BN6. The van der Waals surface area contributed by atoms with Crippen molar-refractivity contribution < 1.29 is 0 Å². The van der Waals surface area contributed by atoms with Gasteiger partial charge in [-0.05, 0) is 302 Å². The highest BCUT2D eigenvalue weighted by Crippen LogP contribution is 2.52. The summed E-state index contributed by atoms with van der Waals surface area (Å²) in [4.78, 5) is 0. The van der Waals surface area contributed by atoms with Crippen molar-refractivity contribution in [2.45, 2.75) is 216 Å². The Labute approximate surface area is 763 Å². The average molecular weight is 1690 g/mol. The molecule has 0 fully saturated rings. The first-order valence-electron chi connectivity index (χ1n) is 47.5. The summed E-state index contributed by atoms with van der Waals surface area (Å²) >= 11 is 0. The van der Waals surface area contributed by atoms with Crippen molar-refractivity contribution in [3.63, 3.8) is 0 Å². The molecule has 0 unspecified atom stereocenters. The number of aromatic nitrogens is 6. The molecule has 0 atom stereocenters. The van der Waals surface area contributed by atoms with Crippen molar-refractivity contribution in [1.29, 1.82) is 0 Å². The highest BCUT2D eigenvalue weighted by atomic mass is 15.1. The minimum atomic E-state index is -0.322. The maximum Gasteiger partial charge on any atom is 0.252 e. The van der Waals surface area contributed by atoms with Crippen LogP contribution in [-0.2, 0) is 43.3 Å². The van der Waals surface area contributed by atoms with Gasteiger partial charge in [-0.2, -0.15) is 0 Å². The van der Waals surface area contributed by atoms with Crippen LogP contribution in [0, 0.1) is 6.92 Å². The van der Waals surface area contributed by atoms with Gasteiger partial charge < -0.3 is 27.4 Å². The molecule has 2 aliphatic rings. The van der Waals surface area contributed by atoms with Crippen molar-refractivity contribution in [2.24, 2.45) is 0 Å². The monoisotopic (exact) mass is 1690 g/mol. The fraction of sp³-hybridized carbons (Fsp3) is 0.268. The van der Waals surface area contributed by atoms with E-state index in [1.54, 1.807) is 0 Å². The third-order valence-corrected chi connectivity index (χ3v) is 30.4. The van der Waals surface area contributed by atoms with Crippen LogP contribution < -0.4 is 16.4 Å². The first kappa shape index (κ1) is 80.5. The van der Waals surface area contributed by atoms with Crippen LogP contribution in [0.1, 0.15) is 216 Å². The minimum Gasteiger partial charge on any atom is -0.310 e. The van der Waals surface area contributed by atoms with Crippen LogP contribution in [0.4, 0.5) is 0 Å². The molecule has 0 spiro atoms. The number of nitrogens with zero attached hydrogens (tertiary/aromatic N) is 6. The third-order valence-electron chi connectivity index (χ3n) is 30.4. The van der Waals surface area contributed by atoms with E-state index < -0.39 is 0 Å². The van der Waals surface area contributed by atoms with Crippen molar-refractivity contribution >= 4 is 186 Å². The summed E-state index contributed by atoms with van der Waals surface area (Å²) < 4.78 is 16.0. The molecule has 24 rings (SSSR count). The van der Waals surface area contributed by atoms with Crippen molar-refractivity contribution in [3.8, 4) is 34.1 Å². The summed E-state index contributed by atoms with van der Waals surface area (Å²) in [5.74, 6) is 0. The van der Waals surface area contributed by atoms with Crippen LogP contribution in [0.3, 0.4) is 0 Å². The fourth-order valence-electron chi connectivity index (χ4n) is 23.1. The molecule has 0 aliphatic carbocycles. The molecule has 0 radical (unpaired) electrons. The van der Waals surface area contributed by atoms with E-state index in [4.69, 9.17) is 0 Å². The van der Waals surface area contributed by atoms with E-state index in [1.165, 1.54) is 241 Å². The van der Waals surface area contributed by atoms with E-state index in [1.807, 2.05) is 0 Å². The second kappa shape index (κ2) is 26.3. The highest BCUT2D eigenvalue weighted by Gasteiger charge is 2.45. The number of hydrogen-bond acceptors (Lipinski definition) is 0. The largest absolute Gasteiger partial charge is 0.310 e. The number of aryl methyl sites for hydroxylation is 1. The van der Waals surface area contributed by atoms with Crippen molar-refractivity contribution in [2.75, 3.05) is 0 Å². The SMILES string of the molecule is Cc1ccc2c3ccccc3c3cc4c5c(c3c2c1)-n1c2ccc(-n3c6ccc(C(C)(C)C)cc6c6cc(C(C)(C)C)ccc63)cc2c2cc(-n3c6ccc(C(C)(C)C)cc6c6cc(C(C)(C)C)ccc63)cc(c21)B5c1cc(-n2c3ccc(C(C)(C)C)cc3c3cc(C(C)(C)C)ccc32)cc2c3cc(-n5c6ccc(C(C)(C)C)cc6c6cc(C(C)(C)C)ccc65)ccc3n-4c12. The van der Waals surface area contributed by atoms with Crippen LogP contribution >= 0.6 is 0 Å². The van der Waals surface area contributed by atoms with Gasteiger partial charge in [0.05, 0.1) is 60.9 Å². The summed E-state index contributed by atoms with van der Waals surface area (Å²) in [7, 11) is 0. The highest BCUT2D eigenvalue weighted by molar-refractivity contribution is 7.00. The normalized spacial score (nSPS) is 13.9. The first-order valence-corrected chi connectivity index (χ1v) is 47.5. The molecule has 0 amide bonds. The van der Waals surface area contributed by atoms with E-state index >= 15 is 0 Å². The summed E-state index contributed by atoms with van der Waals surface area (Å²) in [6.07, 6.45) is 0. The number of fused-ring (bicyclic) bond motifs is 29. The Morgan fingerprint density at radius 1 is 0.192 bits per heavy atom. The van der Waals surface area contributed by atoms with Gasteiger partial charge >= 0.3 is 0 Å². The van der Waals surface area contributed by atoms with Gasteiger partial charge in [-0.15, -0.1) is 0 Å². The number of hydrogen-bond donors (Lipinski definition) is 0. The van der Waals surface area contributed by atoms with E-state index in [0.717, 1.165) is 22.7 Å². The first-order chi connectivity index (χ1) is 61.4. The lowest BCUT2D eigenvalue weighted by Gasteiger charge is -2.35. The molecule has 0 bridgehead atoms. The third kappa shape index (κ3) is 11.5. The fourth-order valence-corrected chi connectivity index (χ4v) is 23.1. The standard InChI is InChI=1S/C123H117BN6/c1-68-30-41-83-81-28-26-27-29-82(81)95-67-110-112-115(111(95)94(83)52-68)130-109-51-40-78(126-102-44-33-71(118(8,9)10)55-86(102)87-56-72(119(11,12)13)34-45-103(87)126)62-93(109)97-64-80(128-106-48-37-75(122(20,21)22)59-90(106)91-60-76(123(23,24)25)38-49-107(91)128)66-99(114(97)130)124(112)98-65-79(127-104-46-35-73(120(14,15)16)57-88(104)89-58-74(121(17,18)19)36-47-105(89)127)63-96-92-61-77(39-50-108(92)129(110)113(96)98)125-100-42-31-69(116(2,3)4)53-84(100)85-54-70(117(5,6)7)32-43-101(85)125/h26-67H,1-25H3. The Morgan fingerprint density at radius 2 is 0.438 bits per heavy atom. The van der Waals surface area contributed by atoms with Crippen LogP contribution in [0.2, 0.25) is 0 Å². The molecule has 6 aromatic heterocycles. The van der Waals surface area contributed by atoms with E-state index in [0.29, 0.717) is 0 Å². The van der Waals surface area contributed by atoms with Crippen LogP contribution in [-0.4, -0.2) is 34.1 Å². The summed E-state index contributed by atoms with van der Waals surface area (Å²) in [5.41, 5.74) is 36.5. The zero-order valence-corrected chi connectivity index (χ0v) is 80.5. The second-order valence-electron chi connectivity index (χ2n) is 47.2. The van der Waals surface area contributed by atoms with Crippen molar-refractivity contribution in [1.82, 2.24) is 27.4 Å². The Morgan fingerprint density at radius 3 is 0.754 bits per heavy atom. The minimum absolute atomic E-state index is 0.0566. The van der Waals surface area contributed by atoms with E-state index in [-0.39, 0.29) is 50.0 Å². The second-order valence-corrected chi connectivity index (χ2v) is 47.2. The summed E-state index contributed by atoms with van der Waals surface area (Å²) in [5, 5.41) is 22.6. The molecule has 16 aromatic carbocycles. The van der Waals surface area contributed by atoms with Crippen LogP contribution in [0.25, 0.3) is 197 Å². The smallest absolute Gasteiger partial charge is 0.252 e. The average Bonchev–Trinajstić information content (AvgIpc) is 1.43. The molecule has 0 saturated carbocycles. The lowest BCUT2D eigenvalue weighted by molar-refractivity contribution is 0.590. The quantitative estimate of drug-likeness (QED) is 0.124. The van der Waals surface area contributed by atoms with Crippen molar-refractivity contribution in [3.05, 3.63) is 305 Å². The van der Waals surface area contributed by atoms with E-state index in [2.05, 4.69) is 455 Å². The Hall–Kier alpha value is -12.8. The Bertz CT molecular complexity index is 8580. The van der Waals surface area contributed by atoms with E-state index in [9.17, 15) is 0 Å². The van der Waals surface area contributed by atoms with Crippen LogP contribution in [0.15, 0.2) is 255 Å². The van der Waals surface area contributed by atoms with Gasteiger partial charge in [0.15, 0.2) is 0 Å². The molecule has 6 nitrogen and oxygen atoms in total. The molecule has 0 saturated heterocycles. The van der Waals surface area contributed by atoms with Gasteiger partial charge in [-0.1, -0.05) is 263 Å². The molecule has 0 N–H and O–H groups in total. The number of rotatable bonds is 4. The molecule has 7 heteroatoms. The Kier molecular flexibility index (Phi) is 16.3. The van der Waals surface area contributed by atoms with Gasteiger partial charge in [0.1, 0.15) is 0 Å². The lowest BCUT2D eigenvalue weighted by Crippen LogP contribution is -2.59. The topological polar surface area (TPSA) is 29.6 Å². The van der Waals surface area contributed by atoms with Gasteiger partial charge in [-0.25, -0.2) is 0 Å². The number of benzene rings is 16. The summed E-state index contributed by atoms with van der Waals surface area (Å²) in [6, 6.07) is 104. The predicted octanol–water partition coefficient (Wildman–Crippen LogP) is 31.6. The maximum absolute atomic E-state index is 2.80. The zero-order valence-electron chi connectivity index (χ0n) is 80.5. The maximum atomic E-state index is 2.80. The molecule has 642 valence electrons. The predicted molar refractivity (Wildman–Crippen MR) is 564 cm³/mol. The molecular weight excluding hydrogens is 1570 g/mol. The van der Waals surface area contributed by atoms with Gasteiger partial charge in [0.25, 0.3) is 6.71 Å². The van der Waals surface area contributed by atoms with Gasteiger partial charge in [0, 0.05) is 109 Å². The van der Waals surface area contributed by atoms with Gasteiger partial charge in [0.2, 0.25) is 0 Å². The zero-order chi connectivity index (χ0) is 90.5. The molecule has 8 heterocycles. The Balaban J connectivity index is 0.901.